The second-order valence-corrected chi connectivity index (χ2v) is 6.04. The molecular formula is C21H17BrO3. The molecule has 0 amide bonds. The molecule has 0 aliphatic heterocycles. The Kier molecular flexibility index (Phi) is 5.86. The Labute approximate surface area is 155 Å². The number of ether oxygens (including phenoxy) is 2. The molecule has 0 aliphatic carbocycles. The van der Waals surface area contributed by atoms with E-state index in [-0.39, 0.29) is 5.97 Å². The molecule has 0 spiro atoms. The number of carbonyl (C=O) groups excluding carboxylic acids is 1. The molecule has 25 heavy (non-hydrogen) atoms. The molecule has 0 fully saturated rings. The summed E-state index contributed by atoms with van der Waals surface area (Å²) in [5, 5.41) is 0.644. The Balaban J connectivity index is 1.74. The molecule has 0 aromatic heterocycles. The third kappa shape index (κ3) is 4.94. The van der Waals surface area contributed by atoms with Gasteiger partial charge in [0.05, 0.1) is 5.56 Å². The van der Waals surface area contributed by atoms with Crippen molar-refractivity contribution in [1.82, 2.24) is 0 Å². The first-order valence-electron chi connectivity index (χ1n) is 7.88. The molecule has 4 heteroatoms. The second kappa shape index (κ2) is 8.49. The normalized spacial score (nSPS) is 10.3. The molecule has 0 saturated heterocycles. The van der Waals surface area contributed by atoms with E-state index in [1.807, 2.05) is 48.5 Å². The van der Waals surface area contributed by atoms with Crippen molar-refractivity contribution >= 4 is 21.9 Å². The fourth-order valence-electron chi connectivity index (χ4n) is 2.33. The van der Waals surface area contributed by atoms with Crippen molar-refractivity contribution in [3.05, 3.63) is 95.6 Å². The number of carbonyl (C=O) groups is 1. The van der Waals surface area contributed by atoms with Gasteiger partial charge >= 0.3 is 5.97 Å². The molecule has 3 nitrogen and oxygen atoms in total. The summed E-state index contributed by atoms with van der Waals surface area (Å²) in [5.41, 5.74) is 2.56. The zero-order chi connectivity index (χ0) is 17.5. The van der Waals surface area contributed by atoms with E-state index in [0.717, 1.165) is 11.1 Å². The smallest absolute Gasteiger partial charge is 0.343 e. The summed E-state index contributed by atoms with van der Waals surface area (Å²) in [4.78, 5) is 12.2. The van der Waals surface area contributed by atoms with E-state index >= 15 is 0 Å². The Bertz CT molecular complexity index is 832. The minimum atomic E-state index is -0.388. The van der Waals surface area contributed by atoms with Gasteiger partial charge in [-0.25, -0.2) is 4.79 Å². The monoisotopic (exact) mass is 396 g/mol. The lowest BCUT2D eigenvalue weighted by atomic mass is 10.2. The van der Waals surface area contributed by atoms with Crippen molar-refractivity contribution in [3.63, 3.8) is 0 Å². The quantitative estimate of drug-likeness (QED) is 0.318. The summed E-state index contributed by atoms with van der Waals surface area (Å²) in [7, 11) is 0. The zero-order valence-corrected chi connectivity index (χ0v) is 15.1. The third-order valence-corrected chi connectivity index (χ3v) is 4.21. The molecular weight excluding hydrogens is 380 g/mol. The van der Waals surface area contributed by atoms with Gasteiger partial charge in [0.2, 0.25) is 0 Å². The van der Waals surface area contributed by atoms with Crippen LogP contribution in [0.25, 0.3) is 0 Å². The van der Waals surface area contributed by atoms with Crippen molar-refractivity contribution in [2.45, 2.75) is 11.9 Å². The standard InChI is InChI=1S/C21H17BrO3/c22-14-17-11-19(24-15-16-7-3-1-4-8-16)13-20(12-17)25-21(23)18-9-5-2-6-10-18/h1-13H,14-15H2. The molecule has 0 aliphatic rings. The summed E-state index contributed by atoms with van der Waals surface area (Å²) < 4.78 is 11.3. The van der Waals surface area contributed by atoms with Gasteiger partial charge in [-0.05, 0) is 35.4 Å². The molecule has 0 saturated carbocycles. The van der Waals surface area contributed by atoms with E-state index in [2.05, 4.69) is 15.9 Å². The first kappa shape index (κ1) is 17.2. The van der Waals surface area contributed by atoms with Crippen LogP contribution in [0.4, 0.5) is 0 Å². The minimum absolute atomic E-state index is 0.388. The lowest BCUT2D eigenvalue weighted by Gasteiger charge is -2.11. The SMILES string of the molecule is O=C(Oc1cc(CBr)cc(OCc2ccccc2)c1)c1ccccc1. The third-order valence-electron chi connectivity index (χ3n) is 3.56. The van der Waals surface area contributed by atoms with Crippen molar-refractivity contribution in [2.75, 3.05) is 0 Å². The predicted molar refractivity (Wildman–Crippen MR) is 101 cm³/mol. The minimum Gasteiger partial charge on any atom is -0.489 e. The van der Waals surface area contributed by atoms with Gasteiger partial charge in [0.25, 0.3) is 0 Å². The molecule has 0 unspecified atom stereocenters. The molecule has 0 heterocycles. The van der Waals surface area contributed by atoms with Crippen molar-refractivity contribution in [3.8, 4) is 11.5 Å². The summed E-state index contributed by atoms with van der Waals surface area (Å²) in [6.07, 6.45) is 0. The lowest BCUT2D eigenvalue weighted by molar-refractivity contribution is 0.0734. The van der Waals surface area contributed by atoms with Crippen LogP contribution in [0.3, 0.4) is 0 Å². The molecule has 0 N–H and O–H groups in total. The van der Waals surface area contributed by atoms with Crippen LogP contribution in [0, 0.1) is 0 Å². The van der Waals surface area contributed by atoms with Gasteiger partial charge in [-0.3, -0.25) is 0 Å². The second-order valence-electron chi connectivity index (χ2n) is 5.48. The Morgan fingerprint density at radius 3 is 2.12 bits per heavy atom. The topological polar surface area (TPSA) is 35.5 Å². The van der Waals surface area contributed by atoms with Gasteiger partial charge < -0.3 is 9.47 Å². The van der Waals surface area contributed by atoms with Crippen LogP contribution in [0.2, 0.25) is 0 Å². The van der Waals surface area contributed by atoms with Crippen LogP contribution in [0.5, 0.6) is 11.5 Å². The fourth-order valence-corrected chi connectivity index (χ4v) is 2.65. The average Bonchev–Trinajstić information content (AvgIpc) is 2.67. The number of rotatable bonds is 6. The first-order valence-corrected chi connectivity index (χ1v) is 9.00. The molecule has 0 radical (unpaired) electrons. The maximum atomic E-state index is 12.2. The number of hydrogen-bond donors (Lipinski definition) is 0. The highest BCUT2D eigenvalue weighted by Crippen LogP contribution is 2.26. The Morgan fingerprint density at radius 1 is 0.800 bits per heavy atom. The average molecular weight is 397 g/mol. The van der Waals surface area contributed by atoms with Gasteiger partial charge in [0.15, 0.2) is 0 Å². The Morgan fingerprint density at radius 2 is 1.44 bits per heavy atom. The van der Waals surface area contributed by atoms with Crippen LogP contribution < -0.4 is 9.47 Å². The largest absolute Gasteiger partial charge is 0.489 e. The highest BCUT2D eigenvalue weighted by atomic mass is 79.9. The van der Waals surface area contributed by atoms with Gasteiger partial charge in [-0.15, -0.1) is 0 Å². The first-order chi connectivity index (χ1) is 12.2. The molecule has 126 valence electrons. The van der Waals surface area contributed by atoms with E-state index < -0.39 is 0 Å². The molecule has 3 aromatic carbocycles. The fraction of sp³-hybridized carbons (Fsp3) is 0.0952. The number of alkyl halides is 1. The van der Waals surface area contributed by atoms with Gasteiger partial charge in [-0.1, -0.05) is 64.5 Å². The van der Waals surface area contributed by atoms with E-state index in [0.29, 0.717) is 29.0 Å². The van der Waals surface area contributed by atoms with Crippen LogP contribution in [0.15, 0.2) is 78.9 Å². The maximum absolute atomic E-state index is 12.2. The number of hydrogen-bond acceptors (Lipinski definition) is 3. The number of halogens is 1. The van der Waals surface area contributed by atoms with Crippen molar-refractivity contribution in [2.24, 2.45) is 0 Å². The van der Waals surface area contributed by atoms with Crippen LogP contribution in [0.1, 0.15) is 21.5 Å². The van der Waals surface area contributed by atoms with E-state index in [4.69, 9.17) is 9.47 Å². The summed E-state index contributed by atoms with van der Waals surface area (Å²) in [5.74, 6) is 0.742. The van der Waals surface area contributed by atoms with E-state index in [9.17, 15) is 4.79 Å². The lowest BCUT2D eigenvalue weighted by Crippen LogP contribution is -2.08. The van der Waals surface area contributed by atoms with Crippen LogP contribution >= 0.6 is 15.9 Å². The number of esters is 1. The van der Waals surface area contributed by atoms with Crippen molar-refractivity contribution in [1.29, 1.82) is 0 Å². The summed E-state index contributed by atoms with van der Waals surface area (Å²) in [6, 6.07) is 24.3. The summed E-state index contributed by atoms with van der Waals surface area (Å²) >= 11 is 3.44. The van der Waals surface area contributed by atoms with Gasteiger partial charge in [-0.2, -0.15) is 0 Å². The van der Waals surface area contributed by atoms with E-state index in [1.165, 1.54) is 0 Å². The number of benzene rings is 3. The zero-order valence-electron chi connectivity index (χ0n) is 13.5. The van der Waals surface area contributed by atoms with Crippen LogP contribution in [-0.4, -0.2) is 5.97 Å². The summed E-state index contributed by atoms with van der Waals surface area (Å²) in [6.45, 7) is 0.457. The molecule has 0 atom stereocenters. The van der Waals surface area contributed by atoms with Gasteiger partial charge in [0.1, 0.15) is 18.1 Å². The predicted octanol–water partition coefficient (Wildman–Crippen LogP) is 5.38. The molecule has 3 rings (SSSR count). The Hall–Kier alpha value is -2.59. The highest BCUT2D eigenvalue weighted by molar-refractivity contribution is 9.08. The van der Waals surface area contributed by atoms with Crippen molar-refractivity contribution < 1.29 is 14.3 Å². The molecule has 0 bridgehead atoms. The van der Waals surface area contributed by atoms with Gasteiger partial charge in [0, 0.05) is 11.4 Å². The van der Waals surface area contributed by atoms with Crippen LogP contribution in [-0.2, 0) is 11.9 Å². The highest BCUT2D eigenvalue weighted by Gasteiger charge is 2.10. The maximum Gasteiger partial charge on any atom is 0.343 e. The molecule has 3 aromatic rings. The van der Waals surface area contributed by atoms with E-state index in [1.54, 1.807) is 30.3 Å².